The van der Waals surface area contributed by atoms with Gasteiger partial charge in [0.1, 0.15) is 11.5 Å². The van der Waals surface area contributed by atoms with Gasteiger partial charge in [-0.3, -0.25) is 4.79 Å². The number of aliphatic hydroxyl groups is 2. The van der Waals surface area contributed by atoms with E-state index in [0.717, 1.165) is 62.1 Å². The first-order chi connectivity index (χ1) is 24.1. The Labute approximate surface area is 381 Å². The fourth-order valence-electron chi connectivity index (χ4n) is 4.82. The van der Waals surface area contributed by atoms with Gasteiger partial charge in [0.2, 0.25) is 0 Å². The quantitative estimate of drug-likeness (QED) is 0.0625. The van der Waals surface area contributed by atoms with Gasteiger partial charge < -0.3 is 30.5 Å². The van der Waals surface area contributed by atoms with Crippen molar-refractivity contribution in [1.82, 2.24) is 0 Å². The third-order valence-electron chi connectivity index (χ3n) is 7.76. The summed E-state index contributed by atoms with van der Waals surface area (Å²) in [4.78, 5) is 23.5. The van der Waals surface area contributed by atoms with Crippen LogP contribution in [0.4, 0.5) is 0 Å². The number of hydrogen-bond acceptors (Lipinski definition) is 7. The molecule has 5 N–H and O–H groups in total. The van der Waals surface area contributed by atoms with Crippen molar-refractivity contribution in [3.05, 3.63) is 115 Å². The van der Waals surface area contributed by atoms with Crippen LogP contribution in [-0.4, -0.2) is 41.3 Å². The Bertz CT molecular complexity index is 1800. The molecule has 8 nitrogen and oxygen atoms in total. The maximum atomic E-state index is 12.9. The van der Waals surface area contributed by atoms with Crippen molar-refractivity contribution in [2.45, 2.75) is 58.3 Å². The number of rotatable bonds is 12. The summed E-state index contributed by atoms with van der Waals surface area (Å²) in [6.45, 7) is 4.03. The van der Waals surface area contributed by atoms with E-state index in [1.807, 2.05) is 84.1 Å². The molecule has 0 amide bonds. The summed E-state index contributed by atoms with van der Waals surface area (Å²) in [5.41, 5.74) is 10.7. The second-order valence-electron chi connectivity index (χ2n) is 11.0. The number of carbonyl (C=O) groups is 2. The third kappa shape index (κ3) is 14.2. The van der Waals surface area contributed by atoms with Crippen molar-refractivity contribution < 1.29 is 34.4 Å². The molecule has 51 heavy (non-hydrogen) atoms. The predicted octanol–water partition coefficient (Wildman–Crippen LogP) is 10.6. The molecule has 2 atom stereocenters. The van der Waals surface area contributed by atoms with Crippen LogP contribution in [0, 0.1) is 21.4 Å². The lowest BCUT2D eigenvalue weighted by atomic mass is 9.88. The first kappa shape index (κ1) is 47.0. The van der Waals surface area contributed by atoms with Crippen molar-refractivity contribution in [1.29, 1.82) is 0 Å². The number of benzene rings is 4. The van der Waals surface area contributed by atoms with Crippen LogP contribution < -0.4 is 15.2 Å². The van der Waals surface area contributed by atoms with E-state index >= 15 is 0 Å². The molecule has 0 aliphatic rings. The average Bonchev–Trinajstić information content (AvgIpc) is 3.12. The monoisotopic (exact) mass is 1370 g/mol. The van der Waals surface area contributed by atoms with Gasteiger partial charge in [-0.25, -0.2) is 4.79 Å². The van der Waals surface area contributed by atoms with E-state index in [4.69, 9.17) is 25.4 Å². The summed E-state index contributed by atoms with van der Waals surface area (Å²) in [5.74, 6) is 0.797. The molecule has 0 heterocycles. The Hall–Kier alpha value is -0.120. The number of carboxylic acid groups (broad SMARTS) is 1. The van der Waals surface area contributed by atoms with E-state index in [-0.39, 0.29) is 31.0 Å². The number of hydrogen-bond donors (Lipinski definition) is 4. The van der Waals surface area contributed by atoms with Crippen LogP contribution in [0.1, 0.15) is 88.0 Å². The fraction of sp³-hybridized carbons (Fsp3) is 0.297. The van der Waals surface area contributed by atoms with Crippen LogP contribution >= 0.6 is 136 Å². The Balaban J connectivity index is 0.000000292. The van der Waals surface area contributed by atoms with Crippen LogP contribution in [-0.2, 0) is 13.2 Å². The second-order valence-corrected chi connectivity index (χ2v) is 18.0. The highest BCUT2D eigenvalue weighted by Crippen LogP contribution is 2.31. The Kier molecular flexibility index (Phi) is 21.9. The summed E-state index contributed by atoms with van der Waals surface area (Å²) in [6, 6.07) is 19.1. The number of aromatic carboxylic acids is 1. The molecule has 4 aromatic carbocycles. The highest BCUT2D eigenvalue weighted by molar-refractivity contribution is 14.1. The molecule has 0 fully saturated rings. The number of ketones is 1. The first-order valence-electron chi connectivity index (χ1n) is 15.5. The Morgan fingerprint density at radius 2 is 1.08 bits per heavy atom. The van der Waals surface area contributed by atoms with E-state index in [2.05, 4.69) is 120 Å². The lowest BCUT2D eigenvalue weighted by molar-refractivity contribution is 0.0695. The standard InChI is InChI=1S/C19H19I3O3.C11H17NO2.C7H3I3O2/c1-3-11(12-4-5-19(25-2)13(6-12)10-23)7-18(24)14-8-16(21)17(22)9-15(14)20;1-3-10(12)8-4-5-11(14-2)9(6-8)7-13;8-4-2-6(10)5(9)1-3(4)7(11)12/h4-6,8-9,11,23H,3,7,10H2,1-2H3;4-6,10,13H,3,7,12H2,1-2H3;1-2H,(H,11,12). The number of halogens is 6. The molecule has 0 aromatic heterocycles. The number of aliphatic hydroxyl groups excluding tert-OH is 2. The van der Waals surface area contributed by atoms with Crippen LogP contribution in [0.2, 0.25) is 0 Å². The second kappa shape index (κ2) is 23.7. The minimum Gasteiger partial charge on any atom is -0.496 e. The Morgan fingerprint density at radius 1 is 0.647 bits per heavy atom. The zero-order valence-electron chi connectivity index (χ0n) is 28.3. The van der Waals surface area contributed by atoms with Gasteiger partial charge in [-0.1, -0.05) is 26.0 Å². The summed E-state index contributed by atoms with van der Waals surface area (Å²) < 4.78 is 16.5. The summed E-state index contributed by atoms with van der Waals surface area (Å²) >= 11 is 13.1. The molecule has 0 radical (unpaired) electrons. The maximum absolute atomic E-state index is 12.9. The van der Waals surface area contributed by atoms with Crippen LogP contribution in [0.25, 0.3) is 0 Å². The number of nitrogens with two attached hydrogens (primary N) is 1. The van der Waals surface area contributed by atoms with Gasteiger partial charge in [-0.05, 0) is 214 Å². The van der Waals surface area contributed by atoms with E-state index in [0.29, 0.717) is 23.5 Å². The molecule has 2 unspecified atom stereocenters. The molecule has 0 saturated heterocycles. The smallest absolute Gasteiger partial charge is 0.336 e. The number of Topliss-reactive ketones (excluding diaryl/α,β-unsaturated/α-hetero) is 1. The number of ether oxygens (including phenoxy) is 2. The SMILES string of the molecule is CCC(CC(=O)c1cc(I)c(I)cc1I)c1ccc(OC)c(CO)c1.CCC(N)c1ccc(OC)c(CO)c1.O=C(O)c1cc(I)c(I)cc1I. The molecular weight excluding hydrogens is 1330 g/mol. The topological polar surface area (TPSA) is 139 Å². The fourth-order valence-corrected chi connectivity index (χ4v) is 9.34. The summed E-state index contributed by atoms with van der Waals surface area (Å²) in [5, 5.41) is 27.4. The molecule has 0 aliphatic heterocycles. The van der Waals surface area contributed by atoms with Gasteiger partial charge in [0.05, 0.1) is 33.0 Å². The molecule has 4 aromatic rings. The summed E-state index contributed by atoms with van der Waals surface area (Å²) in [7, 11) is 3.18. The normalized spacial score (nSPS) is 11.7. The zero-order valence-corrected chi connectivity index (χ0v) is 41.2. The van der Waals surface area contributed by atoms with E-state index in [1.165, 1.54) is 0 Å². The van der Waals surface area contributed by atoms with Gasteiger partial charge in [0.15, 0.2) is 5.78 Å². The van der Waals surface area contributed by atoms with E-state index in [1.54, 1.807) is 20.3 Å². The zero-order chi connectivity index (χ0) is 38.4. The predicted molar refractivity (Wildman–Crippen MR) is 253 cm³/mol. The van der Waals surface area contributed by atoms with Crippen molar-refractivity contribution >= 4 is 147 Å². The third-order valence-corrected chi connectivity index (χ3v) is 15.2. The molecule has 0 aliphatic carbocycles. The van der Waals surface area contributed by atoms with Crippen molar-refractivity contribution in [3.63, 3.8) is 0 Å². The van der Waals surface area contributed by atoms with Gasteiger partial charge in [0.25, 0.3) is 0 Å². The maximum Gasteiger partial charge on any atom is 0.336 e. The van der Waals surface area contributed by atoms with Gasteiger partial charge in [-0.15, -0.1) is 0 Å². The highest BCUT2D eigenvalue weighted by atomic mass is 127. The largest absolute Gasteiger partial charge is 0.496 e. The molecule has 14 heteroatoms. The number of carboxylic acids is 1. The first-order valence-corrected chi connectivity index (χ1v) is 22.0. The van der Waals surface area contributed by atoms with E-state index in [9.17, 15) is 14.7 Å². The van der Waals surface area contributed by atoms with Crippen molar-refractivity contribution in [2.75, 3.05) is 14.2 Å². The molecule has 0 saturated carbocycles. The van der Waals surface area contributed by atoms with Gasteiger partial charge in [0, 0.05) is 50.6 Å². The van der Waals surface area contributed by atoms with Crippen LogP contribution in [0.5, 0.6) is 11.5 Å². The summed E-state index contributed by atoms with van der Waals surface area (Å²) in [6.07, 6.45) is 2.21. The van der Waals surface area contributed by atoms with Gasteiger partial charge in [-0.2, -0.15) is 0 Å². The molecule has 276 valence electrons. The van der Waals surface area contributed by atoms with Crippen molar-refractivity contribution in [3.8, 4) is 11.5 Å². The van der Waals surface area contributed by atoms with Crippen molar-refractivity contribution in [2.24, 2.45) is 5.73 Å². The van der Waals surface area contributed by atoms with E-state index < -0.39 is 5.97 Å². The molecule has 0 spiro atoms. The minimum atomic E-state index is -0.867. The number of methoxy groups -OCH3 is 2. The minimum absolute atomic E-state index is 0.0204. The average molecular weight is 1370 g/mol. The molecular formula is C37H39I6NO7. The number of carbonyl (C=O) groups excluding carboxylic acids is 1. The van der Waals surface area contributed by atoms with Gasteiger partial charge >= 0.3 is 5.97 Å². The van der Waals surface area contributed by atoms with Crippen LogP contribution in [0.3, 0.4) is 0 Å². The lowest BCUT2D eigenvalue weighted by Crippen LogP contribution is -2.10. The lowest BCUT2D eigenvalue weighted by Gasteiger charge is -2.17. The van der Waals surface area contributed by atoms with Crippen LogP contribution in [0.15, 0.2) is 60.7 Å². The molecule has 4 rings (SSSR count). The highest BCUT2D eigenvalue weighted by Gasteiger charge is 2.20. The molecule has 0 bridgehead atoms. The Morgan fingerprint density at radius 3 is 1.51 bits per heavy atom.